The molecule has 0 aliphatic heterocycles. The van der Waals surface area contributed by atoms with Crippen LogP contribution in [0.3, 0.4) is 0 Å². The minimum atomic E-state index is -3.38. The number of anilines is 1. The molecule has 8 heteroatoms. The number of aromatic nitrogens is 1. The number of ether oxygens (including phenoxy) is 1. The smallest absolute Gasteiger partial charge is 0.257 e. The summed E-state index contributed by atoms with van der Waals surface area (Å²) in [7, 11) is -1.79. The first kappa shape index (κ1) is 18.1. The molecule has 0 bridgehead atoms. The number of nitrogens with one attached hydrogen (secondary N) is 1. The maximum Gasteiger partial charge on any atom is 0.257 e. The molecule has 0 saturated heterocycles. The second kappa shape index (κ2) is 7.27. The number of rotatable bonds is 5. The lowest BCUT2D eigenvalue weighted by Crippen LogP contribution is -2.12. The highest BCUT2D eigenvalue weighted by Crippen LogP contribution is 2.32. The summed E-state index contributed by atoms with van der Waals surface area (Å²) in [5.41, 5.74) is 1.76. The fraction of sp³-hybridized carbons (Fsp3) is 0.111. The largest absolute Gasteiger partial charge is 0.496 e. The van der Waals surface area contributed by atoms with Gasteiger partial charge in [-0.2, -0.15) is 0 Å². The average Bonchev–Trinajstić information content (AvgIpc) is 3.09. The van der Waals surface area contributed by atoms with Crippen LogP contribution in [-0.4, -0.2) is 32.7 Å². The molecule has 6 nitrogen and oxygen atoms in total. The van der Waals surface area contributed by atoms with Crippen LogP contribution >= 0.6 is 11.3 Å². The summed E-state index contributed by atoms with van der Waals surface area (Å²) in [4.78, 5) is 16.9. The standard InChI is InChI=1S/C18H16N2O4S2/c1-24-16-9-4-3-8-14(16)15-11-25-18(19-15)20-17(21)12-6-5-7-13(10-12)26(2,22)23/h3-11H,1-2H3,(H,19,20,21). The number of carbonyl (C=O) groups is 1. The van der Waals surface area contributed by atoms with Gasteiger partial charge in [0, 0.05) is 22.8 Å². The molecule has 1 aromatic heterocycles. The van der Waals surface area contributed by atoms with Crippen molar-refractivity contribution in [3.63, 3.8) is 0 Å². The number of benzene rings is 2. The summed E-state index contributed by atoms with van der Waals surface area (Å²) < 4.78 is 28.6. The quantitative estimate of drug-likeness (QED) is 0.723. The Labute approximate surface area is 155 Å². The zero-order valence-corrected chi connectivity index (χ0v) is 15.7. The van der Waals surface area contributed by atoms with Crippen molar-refractivity contribution < 1.29 is 17.9 Å². The minimum absolute atomic E-state index is 0.0963. The molecule has 0 radical (unpaired) electrons. The number of nitrogens with zero attached hydrogens (tertiary/aromatic N) is 1. The van der Waals surface area contributed by atoms with Gasteiger partial charge < -0.3 is 4.74 Å². The van der Waals surface area contributed by atoms with Crippen LogP contribution in [0.15, 0.2) is 58.8 Å². The lowest BCUT2D eigenvalue weighted by atomic mass is 10.1. The third-order valence-corrected chi connectivity index (χ3v) is 5.50. The fourth-order valence-electron chi connectivity index (χ4n) is 2.35. The second-order valence-electron chi connectivity index (χ2n) is 5.49. The Morgan fingerprint density at radius 3 is 2.65 bits per heavy atom. The molecular formula is C18H16N2O4S2. The van der Waals surface area contributed by atoms with Crippen LogP contribution in [0.2, 0.25) is 0 Å². The van der Waals surface area contributed by atoms with Gasteiger partial charge in [-0.1, -0.05) is 18.2 Å². The molecule has 0 aliphatic rings. The Morgan fingerprint density at radius 2 is 1.92 bits per heavy atom. The first-order valence-corrected chi connectivity index (χ1v) is 10.4. The van der Waals surface area contributed by atoms with E-state index in [4.69, 9.17) is 4.74 Å². The van der Waals surface area contributed by atoms with E-state index in [0.717, 1.165) is 11.8 Å². The van der Waals surface area contributed by atoms with Crippen LogP contribution in [0.5, 0.6) is 5.75 Å². The Hall–Kier alpha value is -2.71. The highest BCUT2D eigenvalue weighted by Gasteiger charge is 2.14. The molecule has 0 fully saturated rings. The molecule has 0 aliphatic carbocycles. The van der Waals surface area contributed by atoms with Crippen LogP contribution in [0.4, 0.5) is 5.13 Å². The molecule has 0 saturated carbocycles. The number of carbonyl (C=O) groups excluding carboxylic acids is 1. The van der Waals surface area contributed by atoms with Crippen molar-refractivity contribution in [3.05, 3.63) is 59.5 Å². The molecule has 3 aromatic rings. The third kappa shape index (κ3) is 3.92. The van der Waals surface area contributed by atoms with E-state index in [0.29, 0.717) is 16.6 Å². The fourth-order valence-corrected chi connectivity index (χ4v) is 3.72. The van der Waals surface area contributed by atoms with E-state index in [1.165, 1.54) is 29.5 Å². The van der Waals surface area contributed by atoms with Gasteiger partial charge in [0.25, 0.3) is 5.91 Å². The summed E-state index contributed by atoms with van der Waals surface area (Å²) in [5, 5.41) is 4.93. The van der Waals surface area contributed by atoms with Crippen molar-refractivity contribution in [1.29, 1.82) is 0 Å². The molecule has 1 amide bonds. The highest BCUT2D eigenvalue weighted by molar-refractivity contribution is 7.90. The number of thiazole rings is 1. The summed E-state index contributed by atoms with van der Waals surface area (Å²) in [6.45, 7) is 0. The van der Waals surface area contributed by atoms with E-state index < -0.39 is 15.7 Å². The summed E-state index contributed by atoms with van der Waals surface area (Å²) in [5.74, 6) is 0.271. The predicted molar refractivity (Wildman–Crippen MR) is 102 cm³/mol. The molecule has 26 heavy (non-hydrogen) atoms. The molecule has 0 spiro atoms. The molecular weight excluding hydrogens is 372 g/mol. The SMILES string of the molecule is COc1ccccc1-c1csc(NC(=O)c2cccc(S(C)(=O)=O)c2)n1. The van der Waals surface area contributed by atoms with Gasteiger partial charge in [0.15, 0.2) is 15.0 Å². The van der Waals surface area contributed by atoms with E-state index >= 15 is 0 Å². The number of hydrogen-bond donors (Lipinski definition) is 1. The van der Waals surface area contributed by atoms with E-state index in [1.807, 2.05) is 29.6 Å². The zero-order valence-electron chi connectivity index (χ0n) is 14.1. The van der Waals surface area contributed by atoms with Crippen LogP contribution in [0.1, 0.15) is 10.4 Å². The van der Waals surface area contributed by atoms with Gasteiger partial charge in [-0.05, 0) is 30.3 Å². The van der Waals surface area contributed by atoms with E-state index in [9.17, 15) is 13.2 Å². The first-order valence-electron chi connectivity index (χ1n) is 7.59. The minimum Gasteiger partial charge on any atom is -0.496 e. The van der Waals surface area contributed by atoms with Gasteiger partial charge >= 0.3 is 0 Å². The zero-order chi connectivity index (χ0) is 18.7. The van der Waals surface area contributed by atoms with Crippen molar-refractivity contribution in [2.75, 3.05) is 18.7 Å². The molecule has 2 aromatic carbocycles. The molecule has 0 unspecified atom stereocenters. The van der Waals surface area contributed by atoms with Crippen molar-refractivity contribution >= 4 is 32.2 Å². The summed E-state index contributed by atoms with van der Waals surface area (Å²) >= 11 is 1.28. The van der Waals surface area contributed by atoms with Gasteiger partial charge in [0.1, 0.15) is 5.75 Å². The number of sulfone groups is 1. The van der Waals surface area contributed by atoms with Crippen molar-refractivity contribution in [1.82, 2.24) is 4.98 Å². The first-order chi connectivity index (χ1) is 12.4. The monoisotopic (exact) mass is 388 g/mol. The van der Waals surface area contributed by atoms with Gasteiger partial charge in [-0.25, -0.2) is 13.4 Å². The van der Waals surface area contributed by atoms with Gasteiger partial charge in [-0.15, -0.1) is 11.3 Å². The Balaban J connectivity index is 1.82. The molecule has 0 atom stereocenters. The van der Waals surface area contributed by atoms with Crippen LogP contribution in [0.25, 0.3) is 11.3 Å². The van der Waals surface area contributed by atoms with Crippen LogP contribution in [0, 0.1) is 0 Å². The molecule has 3 rings (SSSR count). The Kier molecular flexibility index (Phi) is 5.06. The van der Waals surface area contributed by atoms with Crippen molar-refractivity contribution in [2.45, 2.75) is 4.90 Å². The summed E-state index contributed by atoms with van der Waals surface area (Å²) in [6.07, 6.45) is 1.10. The number of para-hydroxylation sites is 1. The normalized spacial score (nSPS) is 11.2. The topological polar surface area (TPSA) is 85.4 Å². The van der Waals surface area contributed by atoms with E-state index in [1.54, 1.807) is 13.2 Å². The predicted octanol–water partition coefficient (Wildman–Crippen LogP) is 3.47. The number of methoxy groups -OCH3 is 1. The highest BCUT2D eigenvalue weighted by atomic mass is 32.2. The van der Waals surface area contributed by atoms with Crippen molar-refractivity contribution in [3.8, 4) is 17.0 Å². The third-order valence-electron chi connectivity index (χ3n) is 3.63. The maximum atomic E-state index is 12.4. The summed E-state index contributed by atoms with van der Waals surface area (Å²) in [6, 6.07) is 13.4. The maximum absolute atomic E-state index is 12.4. The van der Waals surface area contributed by atoms with Gasteiger partial charge in [0.2, 0.25) is 0 Å². The molecule has 1 heterocycles. The average molecular weight is 388 g/mol. The van der Waals surface area contributed by atoms with Gasteiger partial charge in [0.05, 0.1) is 17.7 Å². The number of amides is 1. The van der Waals surface area contributed by atoms with Gasteiger partial charge in [-0.3, -0.25) is 10.1 Å². The number of hydrogen-bond acceptors (Lipinski definition) is 6. The molecule has 1 N–H and O–H groups in total. The van der Waals surface area contributed by atoms with Crippen molar-refractivity contribution in [2.24, 2.45) is 0 Å². The van der Waals surface area contributed by atoms with E-state index in [2.05, 4.69) is 10.3 Å². The second-order valence-corrected chi connectivity index (χ2v) is 8.37. The lowest BCUT2D eigenvalue weighted by molar-refractivity contribution is 0.102. The van der Waals surface area contributed by atoms with E-state index in [-0.39, 0.29) is 10.5 Å². The Morgan fingerprint density at radius 1 is 1.15 bits per heavy atom. The van der Waals surface area contributed by atoms with Crippen LogP contribution in [-0.2, 0) is 9.84 Å². The lowest BCUT2D eigenvalue weighted by Gasteiger charge is -2.05. The Bertz CT molecular complexity index is 1060. The molecule has 134 valence electrons. The van der Waals surface area contributed by atoms with Crippen LogP contribution < -0.4 is 10.1 Å².